The van der Waals surface area contributed by atoms with E-state index in [9.17, 15) is 17.6 Å². The third-order valence-corrected chi connectivity index (χ3v) is 2.32. The van der Waals surface area contributed by atoms with Gasteiger partial charge in [0.15, 0.2) is 0 Å². The Balaban J connectivity index is 2.82. The number of alkyl halides is 2. The van der Waals surface area contributed by atoms with Gasteiger partial charge >= 0.3 is 0 Å². The van der Waals surface area contributed by atoms with Crippen molar-refractivity contribution in [2.24, 2.45) is 0 Å². The summed E-state index contributed by atoms with van der Waals surface area (Å²) in [5, 5.41) is 2.43. The topological polar surface area (TPSA) is 12.0 Å². The van der Waals surface area contributed by atoms with Gasteiger partial charge < -0.3 is 5.32 Å². The average Bonchev–Trinajstić information content (AvgIpc) is 2.20. The maximum Gasteiger partial charge on any atom is 0.250 e. The van der Waals surface area contributed by atoms with Crippen LogP contribution in [-0.2, 0) is 0 Å². The number of rotatable bonds is 4. The van der Waals surface area contributed by atoms with Crippen LogP contribution in [0.25, 0.3) is 0 Å². The van der Waals surface area contributed by atoms with E-state index in [1.807, 2.05) is 0 Å². The summed E-state index contributed by atoms with van der Waals surface area (Å²) in [6.07, 6.45) is -2.51. The summed E-state index contributed by atoms with van der Waals surface area (Å²) in [4.78, 5) is 0. The minimum Gasteiger partial charge on any atom is -0.305 e. The molecule has 0 aromatic heterocycles. The molecule has 0 bridgehead atoms. The lowest BCUT2D eigenvalue weighted by atomic mass is 10.1. The first-order valence-electron chi connectivity index (χ1n) is 4.89. The highest BCUT2D eigenvalue weighted by molar-refractivity contribution is 5.27. The van der Waals surface area contributed by atoms with Crippen molar-refractivity contribution in [3.63, 3.8) is 0 Å². The first kappa shape index (κ1) is 13.0. The normalized spacial score (nSPS) is 13.2. The SMILES string of the molecule is Cc1cc(F)c(C(C)NCC(F)F)cc1F. The number of aryl methyl sites for hydroxylation is 1. The van der Waals surface area contributed by atoms with Crippen LogP contribution in [0.2, 0.25) is 0 Å². The highest BCUT2D eigenvalue weighted by Gasteiger charge is 2.14. The fraction of sp³-hybridized carbons (Fsp3) is 0.455. The van der Waals surface area contributed by atoms with Crippen molar-refractivity contribution < 1.29 is 17.6 Å². The van der Waals surface area contributed by atoms with Gasteiger partial charge in [0.2, 0.25) is 0 Å². The summed E-state index contributed by atoms with van der Waals surface area (Å²) in [7, 11) is 0. The Bertz CT molecular complexity index is 365. The molecule has 16 heavy (non-hydrogen) atoms. The van der Waals surface area contributed by atoms with E-state index in [4.69, 9.17) is 0 Å². The Morgan fingerprint density at radius 3 is 2.38 bits per heavy atom. The molecule has 1 nitrogen and oxygen atoms in total. The van der Waals surface area contributed by atoms with Crippen LogP contribution in [0.15, 0.2) is 12.1 Å². The minimum absolute atomic E-state index is 0.0590. The number of halogens is 4. The highest BCUT2D eigenvalue weighted by atomic mass is 19.3. The molecule has 0 radical (unpaired) electrons. The molecule has 1 aromatic rings. The molecule has 1 rings (SSSR count). The molecule has 0 fully saturated rings. The fourth-order valence-corrected chi connectivity index (χ4v) is 1.37. The molecular weight excluding hydrogens is 222 g/mol. The molecule has 0 saturated carbocycles. The fourth-order valence-electron chi connectivity index (χ4n) is 1.37. The zero-order chi connectivity index (χ0) is 12.3. The molecule has 0 spiro atoms. The van der Waals surface area contributed by atoms with E-state index >= 15 is 0 Å². The predicted molar refractivity (Wildman–Crippen MR) is 53.5 cm³/mol. The molecule has 90 valence electrons. The van der Waals surface area contributed by atoms with E-state index < -0.39 is 30.6 Å². The zero-order valence-electron chi connectivity index (χ0n) is 9.03. The van der Waals surface area contributed by atoms with E-state index in [2.05, 4.69) is 5.32 Å². The van der Waals surface area contributed by atoms with Gasteiger partial charge in [0, 0.05) is 11.6 Å². The molecule has 1 aromatic carbocycles. The monoisotopic (exact) mass is 235 g/mol. The molecule has 0 amide bonds. The van der Waals surface area contributed by atoms with Crippen LogP contribution in [0.5, 0.6) is 0 Å². The van der Waals surface area contributed by atoms with E-state index in [0.29, 0.717) is 0 Å². The molecule has 0 aliphatic carbocycles. The second-order valence-electron chi connectivity index (χ2n) is 3.64. The van der Waals surface area contributed by atoms with Gasteiger partial charge in [0.05, 0.1) is 6.54 Å². The number of nitrogens with one attached hydrogen (secondary N) is 1. The quantitative estimate of drug-likeness (QED) is 0.790. The molecule has 0 aliphatic rings. The largest absolute Gasteiger partial charge is 0.305 e. The molecule has 0 aliphatic heterocycles. The van der Waals surface area contributed by atoms with E-state index in [0.717, 1.165) is 12.1 Å². The molecule has 0 heterocycles. The van der Waals surface area contributed by atoms with Gasteiger partial charge in [0.1, 0.15) is 11.6 Å². The van der Waals surface area contributed by atoms with Crippen molar-refractivity contribution in [2.75, 3.05) is 6.54 Å². The van der Waals surface area contributed by atoms with E-state index in [1.54, 1.807) is 0 Å². The Kier molecular flexibility index (Phi) is 4.29. The van der Waals surface area contributed by atoms with Gasteiger partial charge in [-0.3, -0.25) is 0 Å². The molecule has 1 unspecified atom stereocenters. The van der Waals surface area contributed by atoms with Gasteiger partial charge in [-0.2, -0.15) is 0 Å². The third kappa shape index (κ3) is 3.20. The summed E-state index contributed by atoms with van der Waals surface area (Å²) < 4.78 is 50.4. The van der Waals surface area contributed by atoms with Crippen LogP contribution in [0.1, 0.15) is 24.1 Å². The van der Waals surface area contributed by atoms with Gasteiger partial charge in [-0.1, -0.05) is 0 Å². The van der Waals surface area contributed by atoms with Crippen molar-refractivity contribution in [1.82, 2.24) is 5.32 Å². The lowest BCUT2D eigenvalue weighted by Crippen LogP contribution is -2.25. The standard InChI is InChI=1S/C11H13F4N/c1-6-3-10(13)8(4-9(6)12)7(2)16-5-11(14)15/h3-4,7,11,16H,5H2,1-2H3. The van der Waals surface area contributed by atoms with Crippen LogP contribution in [0, 0.1) is 18.6 Å². The lowest BCUT2D eigenvalue weighted by Gasteiger charge is -2.15. The van der Waals surface area contributed by atoms with Gasteiger partial charge in [0.25, 0.3) is 6.43 Å². The first-order valence-corrected chi connectivity index (χ1v) is 4.89. The summed E-state index contributed by atoms with van der Waals surface area (Å²) in [5.41, 5.74) is 0.256. The number of hydrogen-bond donors (Lipinski definition) is 1. The van der Waals surface area contributed by atoms with Crippen molar-refractivity contribution in [1.29, 1.82) is 0 Å². The van der Waals surface area contributed by atoms with Gasteiger partial charge in [-0.15, -0.1) is 0 Å². The van der Waals surface area contributed by atoms with Crippen LogP contribution in [-0.4, -0.2) is 13.0 Å². The van der Waals surface area contributed by atoms with Crippen LogP contribution < -0.4 is 5.32 Å². The Hall–Kier alpha value is -1.10. The minimum atomic E-state index is -2.51. The molecule has 5 heteroatoms. The molecule has 1 N–H and O–H groups in total. The second-order valence-corrected chi connectivity index (χ2v) is 3.64. The van der Waals surface area contributed by atoms with Gasteiger partial charge in [-0.25, -0.2) is 17.6 Å². The number of benzene rings is 1. The van der Waals surface area contributed by atoms with Crippen LogP contribution in [0.4, 0.5) is 17.6 Å². The van der Waals surface area contributed by atoms with Crippen LogP contribution in [0.3, 0.4) is 0 Å². The van der Waals surface area contributed by atoms with Crippen molar-refractivity contribution in [3.8, 4) is 0 Å². The van der Waals surface area contributed by atoms with Crippen molar-refractivity contribution in [3.05, 3.63) is 34.9 Å². The molecule has 0 saturated heterocycles. The first-order chi connectivity index (χ1) is 7.41. The van der Waals surface area contributed by atoms with Crippen molar-refractivity contribution in [2.45, 2.75) is 26.3 Å². The smallest absolute Gasteiger partial charge is 0.250 e. The predicted octanol–water partition coefficient (Wildman–Crippen LogP) is 3.19. The summed E-state index contributed by atoms with van der Waals surface area (Å²) >= 11 is 0. The maximum absolute atomic E-state index is 13.4. The summed E-state index contributed by atoms with van der Waals surface area (Å²) in [6, 6.07) is 1.45. The Morgan fingerprint density at radius 1 is 1.19 bits per heavy atom. The Morgan fingerprint density at radius 2 is 1.81 bits per heavy atom. The summed E-state index contributed by atoms with van der Waals surface area (Å²) in [6.45, 7) is 2.41. The van der Waals surface area contributed by atoms with Gasteiger partial charge in [-0.05, 0) is 31.5 Å². The number of hydrogen-bond acceptors (Lipinski definition) is 1. The zero-order valence-corrected chi connectivity index (χ0v) is 9.03. The van der Waals surface area contributed by atoms with E-state index in [-0.39, 0.29) is 11.1 Å². The lowest BCUT2D eigenvalue weighted by molar-refractivity contribution is 0.142. The van der Waals surface area contributed by atoms with Crippen LogP contribution >= 0.6 is 0 Å². The summed E-state index contributed by atoms with van der Waals surface area (Å²) in [5.74, 6) is -1.13. The molecule has 1 atom stereocenters. The maximum atomic E-state index is 13.4. The average molecular weight is 235 g/mol. The van der Waals surface area contributed by atoms with Crippen molar-refractivity contribution >= 4 is 0 Å². The highest BCUT2D eigenvalue weighted by Crippen LogP contribution is 2.20. The Labute approximate surface area is 91.5 Å². The third-order valence-electron chi connectivity index (χ3n) is 2.32. The molecular formula is C11H13F4N. The van der Waals surface area contributed by atoms with E-state index in [1.165, 1.54) is 13.8 Å². The second kappa shape index (κ2) is 5.30.